The van der Waals surface area contributed by atoms with Gasteiger partial charge in [0.1, 0.15) is 10.7 Å². The van der Waals surface area contributed by atoms with Crippen molar-refractivity contribution in [1.82, 2.24) is 5.09 Å². The first-order valence-electron chi connectivity index (χ1n) is 4.92. The van der Waals surface area contributed by atoms with Gasteiger partial charge in [0.2, 0.25) is 0 Å². The zero-order chi connectivity index (χ0) is 13.8. The van der Waals surface area contributed by atoms with Gasteiger partial charge in [-0.05, 0) is 17.9 Å². The molecule has 100 valence electrons. The molecule has 0 aliphatic heterocycles. The second-order valence-corrected chi connectivity index (χ2v) is 6.62. The summed E-state index contributed by atoms with van der Waals surface area (Å²) < 4.78 is 12.0. The maximum Gasteiger partial charge on any atom is 0.321 e. The van der Waals surface area contributed by atoms with Crippen LogP contribution < -0.4 is 9.71 Å². The van der Waals surface area contributed by atoms with E-state index in [0.29, 0.717) is 0 Å². The Morgan fingerprint density at radius 2 is 2.11 bits per heavy atom. The molecule has 1 aromatic heterocycles. The molecule has 0 bridgehead atoms. The van der Waals surface area contributed by atoms with E-state index in [2.05, 4.69) is 5.09 Å². The highest BCUT2D eigenvalue weighted by molar-refractivity contribution is 7.70. The minimum absolute atomic E-state index is 0.129. The van der Waals surface area contributed by atoms with Crippen molar-refractivity contribution in [3.63, 3.8) is 0 Å². The number of nitrogens with one attached hydrogen (secondary N) is 1. The van der Waals surface area contributed by atoms with Crippen LogP contribution in [-0.4, -0.2) is 33.1 Å². The normalized spacial score (nSPS) is 15.8. The van der Waals surface area contributed by atoms with E-state index in [1.165, 1.54) is 6.07 Å². The van der Waals surface area contributed by atoms with Gasteiger partial charge in [0.15, 0.2) is 0 Å². The average molecular weight is 293 g/mol. The minimum Gasteiger partial charge on any atom is -0.481 e. The number of carboxylic acids is 2. The van der Waals surface area contributed by atoms with Gasteiger partial charge in [-0.1, -0.05) is 6.07 Å². The summed E-state index contributed by atoms with van der Waals surface area (Å²) in [6, 6.07) is 1.60. The first-order chi connectivity index (χ1) is 8.33. The molecule has 9 heteroatoms. The van der Waals surface area contributed by atoms with Crippen LogP contribution in [0, 0.1) is 0 Å². The molecule has 1 rings (SSSR count). The van der Waals surface area contributed by atoms with Crippen LogP contribution in [0.2, 0.25) is 0 Å². The lowest BCUT2D eigenvalue weighted by atomic mass is 10.2. The third-order valence-corrected chi connectivity index (χ3v) is 5.22. The number of hydrogen-bond donors (Lipinski definition) is 4. The van der Waals surface area contributed by atoms with Gasteiger partial charge in [0.25, 0.3) is 0 Å². The van der Waals surface area contributed by atoms with Crippen LogP contribution in [0.1, 0.15) is 12.8 Å². The smallest absolute Gasteiger partial charge is 0.321 e. The van der Waals surface area contributed by atoms with E-state index in [4.69, 9.17) is 10.2 Å². The summed E-state index contributed by atoms with van der Waals surface area (Å²) in [6.07, 6.45) is -0.658. The Balaban J connectivity index is 2.74. The highest BCUT2D eigenvalue weighted by Gasteiger charge is 2.30. The average Bonchev–Trinajstić information content (AvgIpc) is 2.77. The SMILES string of the molecule is O=C(O)CCC(NP(=O)(O)c1cccs1)C(=O)O. The first kappa shape index (κ1) is 14.8. The van der Waals surface area contributed by atoms with Gasteiger partial charge in [-0.3, -0.25) is 14.2 Å². The Hall–Kier alpha value is -1.21. The highest BCUT2D eigenvalue weighted by atomic mass is 32.1. The molecule has 2 unspecified atom stereocenters. The molecule has 0 saturated heterocycles. The van der Waals surface area contributed by atoms with Crippen molar-refractivity contribution < 1.29 is 29.3 Å². The van der Waals surface area contributed by atoms with Gasteiger partial charge in [-0.15, -0.1) is 11.3 Å². The highest BCUT2D eigenvalue weighted by Crippen LogP contribution is 2.37. The second-order valence-electron chi connectivity index (χ2n) is 3.48. The predicted molar refractivity (Wildman–Crippen MR) is 65.2 cm³/mol. The summed E-state index contributed by atoms with van der Waals surface area (Å²) in [5.74, 6) is -2.52. The molecule has 0 spiro atoms. The molecule has 2 atom stereocenters. The monoisotopic (exact) mass is 293 g/mol. The van der Waals surface area contributed by atoms with Gasteiger partial charge in [-0.25, -0.2) is 5.09 Å². The molecule has 0 fully saturated rings. The van der Waals surface area contributed by atoms with Crippen LogP contribution in [0.3, 0.4) is 0 Å². The van der Waals surface area contributed by atoms with Gasteiger partial charge in [-0.2, -0.15) is 0 Å². The summed E-state index contributed by atoms with van der Waals surface area (Å²) in [5, 5.41) is 21.0. The van der Waals surface area contributed by atoms with Crippen molar-refractivity contribution in [3.05, 3.63) is 17.5 Å². The lowest BCUT2D eigenvalue weighted by Gasteiger charge is -2.17. The Morgan fingerprint density at radius 3 is 2.56 bits per heavy atom. The molecule has 4 N–H and O–H groups in total. The van der Waals surface area contributed by atoms with E-state index in [1.54, 1.807) is 11.4 Å². The number of hydrogen-bond acceptors (Lipinski definition) is 4. The van der Waals surface area contributed by atoms with Crippen LogP contribution in [0.5, 0.6) is 0 Å². The van der Waals surface area contributed by atoms with Crippen LogP contribution in [0.25, 0.3) is 0 Å². The summed E-state index contributed by atoms with van der Waals surface area (Å²) >= 11 is 1.02. The van der Waals surface area contributed by atoms with Crippen molar-refractivity contribution in [2.24, 2.45) is 0 Å². The summed E-state index contributed by atoms with van der Waals surface area (Å²) in [5.41, 5.74) is 0. The van der Waals surface area contributed by atoms with Crippen molar-refractivity contribution in [2.45, 2.75) is 18.9 Å². The summed E-state index contributed by atoms with van der Waals surface area (Å²) in [4.78, 5) is 30.9. The quantitative estimate of drug-likeness (QED) is 0.538. The molecule has 0 aliphatic carbocycles. The Labute approximate surface area is 107 Å². The molecular weight excluding hydrogens is 281 g/mol. The predicted octanol–water partition coefficient (Wildman–Crippen LogP) is 0.466. The summed E-state index contributed by atoms with van der Waals surface area (Å²) in [6.45, 7) is 0. The topological polar surface area (TPSA) is 124 Å². The molecule has 0 radical (unpaired) electrons. The molecule has 0 amide bonds. The van der Waals surface area contributed by atoms with Gasteiger partial charge in [0.05, 0.1) is 0 Å². The molecule has 7 nitrogen and oxygen atoms in total. The van der Waals surface area contributed by atoms with Crippen LogP contribution in [-0.2, 0) is 14.2 Å². The van der Waals surface area contributed by atoms with E-state index < -0.39 is 31.9 Å². The Morgan fingerprint density at radius 1 is 1.44 bits per heavy atom. The van der Waals surface area contributed by atoms with Crippen molar-refractivity contribution in [3.8, 4) is 0 Å². The van der Waals surface area contributed by atoms with E-state index in [9.17, 15) is 19.0 Å². The van der Waals surface area contributed by atoms with Crippen molar-refractivity contribution in [1.29, 1.82) is 0 Å². The number of rotatable bonds is 7. The molecule has 1 heterocycles. The Kier molecular flexibility index (Phi) is 5.03. The standard InChI is InChI=1S/C9H12NO6PS/c11-7(12)4-3-6(9(13)14)10-17(15,16)8-2-1-5-18-8/h1-2,5-6H,3-4H2,(H,11,12)(H,13,14)(H2,10,15,16). The fourth-order valence-electron chi connectivity index (χ4n) is 1.23. The van der Waals surface area contributed by atoms with Gasteiger partial charge in [0, 0.05) is 6.42 Å². The molecule has 18 heavy (non-hydrogen) atoms. The van der Waals surface area contributed by atoms with E-state index in [1.807, 2.05) is 0 Å². The minimum atomic E-state index is -3.97. The molecule has 0 aliphatic rings. The molecule has 1 aromatic rings. The molecular formula is C9H12NO6PS. The van der Waals surface area contributed by atoms with E-state index in [0.717, 1.165) is 11.3 Å². The summed E-state index contributed by atoms with van der Waals surface area (Å²) in [7, 11) is -3.97. The second kappa shape index (κ2) is 6.10. The third kappa shape index (κ3) is 4.23. The maximum absolute atomic E-state index is 11.9. The van der Waals surface area contributed by atoms with Crippen molar-refractivity contribution in [2.75, 3.05) is 0 Å². The van der Waals surface area contributed by atoms with Gasteiger partial charge >= 0.3 is 19.5 Å². The first-order valence-corrected chi connectivity index (χ1v) is 7.46. The zero-order valence-corrected chi connectivity index (χ0v) is 10.9. The largest absolute Gasteiger partial charge is 0.481 e. The van der Waals surface area contributed by atoms with Crippen LogP contribution in [0.4, 0.5) is 0 Å². The van der Waals surface area contributed by atoms with E-state index >= 15 is 0 Å². The van der Waals surface area contributed by atoms with Crippen LogP contribution in [0.15, 0.2) is 17.5 Å². The fraction of sp³-hybridized carbons (Fsp3) is 0.333. The lowest BCUT2D eigenvalue weighted by molar-refractivity contribution is -0.140. The fourth-order valence-corrected chi connectivity index (χ4v) is 3.67. The third-order valence-electron chi connectivity index (χ3n) is 2.08. The number of aliphatic carboxylic acids is 2. The molecule has 0 saturated carbocycles. The van der Waals surface area contributed by atoms with Crippen LogP contribution >= 0.6 is 18.9 Å². The lowest BCUT2D eigenvalue weighted by Crippen LogP contribution is -2.36. The van der Waals surface area contributed by atoms with Gasteiger partial charge < -0.3 is 15.1 Å². The molecule has 0 aromatic carbocycles. The number of carboxylic acid groups (broad SMARTS) is 2. The maximum atomic E-state index is 11.9. The number of carbonyl (C=O) groups is 2. The van der Waals surface area contributed by atoms with E-state index in [-0.39, 0.29) is 11.0 Å². The number of thiophene rings is 1. The Bertz CT molecular complexity index is 473. The zero-order valence-electron chi connectivity index (χ0n) is 9.15. The van der Waals surface area contributed by atoms with Crippen molar-refractivity contribution >= 4 is 35.4 Å².